The molecule has 1 fully saturated rings. The van der Waals surface area contributed by atoms with Gasteiger partial charge >= 0.3 is 0 Å². The number of alkyl halides is 1. The molecule has 2 aliphatic heterocycles. The van der Waals surface area contributed by atoms with Gasteiger partial charge in [0.05, 0.1) is 12.2 Å². The van der Waals surface area contributed by atoms with Gasteiger partial charge in [0.2, 0.25) is 0 Å². The lowest BCUT2D eigenvalue weighted by Crippen LogP contribution is -2.45. The molecule has 1 saturated carbocycles. The fourth-order valence-corrected chi connectivity index (χ4v) is 5.40. The monoisotopic (exact) mass is 384 g/mol. The van der Waals surface area contributed by atoms with Crippen LogP contribution in [0.25, 0.3) is 0 Å². The van der Waals surface area contributed by atoms with Crippen LogP contribution in [-0.4, -0.2) is 37.7 Å². The van der Waals surface area contributed by atoms with Crippen LogP contribution in [0.1, 0.15) is 37.7 Å². The first kappa shape index (κ1) is 15.0. The molecule has 0 unspecified atom stereocenters. The fourth-order valence-electron chi connectivity index (χ4n) is 3.79. The van der Waals surface area contributed by atoms with Crippen LogP contribution in [0.3, 0.4) is 0 Å². The van der Waals surface area contributed by atoms with E-state index in [1.54, 1.807) is 11.8 Å². The van der Waals surface area contributed by atoms with Crippen LogP contribution in [0, 0.1) is 0 Å². The van der Waals surface area contributed by atoms with E-state index in [9.17, 15) is 4.79 Å². The number of fused-ring (bicyclic) bond motifs is 3. The van der Waals surface area contributed by atoms with Crippen molar-refractivity contribution >= 4 is 33.5 Å². The lowest BCUT2D eigenvalue weighted by atomic mass is 9.94. The first-order valence-electron chi connectivity index (χ1n) is 8.10. The predicted octanol–water partition coefficient (Wildman–Crippen LogP) is 2.63. The Bertz CT molecular complexity index is 629. The Morgan fingerprint density at radius 2 is 2.14 bits per heavy atom. The van der Waals surface area contributed by atoms with Crippen molar-refractivity contribution in [3.8, 4) is 0 Å². The number of rotatable bonds is 2. The molecule has 0 amide bonds. The van der Waals surface area contributed by atoms with Gasteiger partial charge in [-0.1, -0.05) is 47.0 Å². The summed E-state index contributed by atoms with van der Waals surface area (Å²) in [5.74, 6) is 1.01. The maximum atomic E-state index is 12.4. The second-order valence-electron chi connectivity index (χ2n) is 6.41. The molecule has 3 heterocycles. The van der Waals surface area contributed by atoms with Crippen molar-refractivity contribution in [1.82, 2.24) is 14.5 Å². The average Bonchev–Trinajstić information content (AvgIpc) is 2.98. The molecule has 5 nitrogen and oxygen atoms in total. The Hall–Kier alpha value is -0.530. The molecule has 0 radical (unpaired) electrons. The molecule has 1 N–H and O–H groups in total. The van der Waals surface area contributed by atoms with E-state index in [1.165, 1.54) is 32.1 Å². The van der Waals surface area contributed by atoms with Crippen molar-refractivity contribution in [2.45, 2.75) is 61.6 Å². The number of thioether (sulfide) groups is 1. The minimum absolute atomic E-state index is 0.0445. The molecule has 0 spiro atoms. The summed E-state index contributed by atoms with van der Waals surface area (Å²) in [6.45, 7) is 2.53. The van der Waals surface area contributed by atoms with E-state index in [2.05, 4.69) is 35.7 Å². The molecule has 0 bridgehead atoms. The third-order valence-electron chi connectivity index (χ3n) is 4.97. The quantitative estimate of drug-likeness (QED) is 0.627. The number of hydrogen-bond donors (Lipinski definition) is 1. The van der Waals surface area contributed by atoms with Crippen LogP contribution in [0.15, 0.2) is 9.95 Å². The number of aromatic nitrogens is 2. The Morgan fingerprint density at radius 1 is 1.32 bits per heavy atom. The third-order valence-corrected chi connectivity index (χ3v) is 7.36. The van der Waals surface area contributed by atoms with Gasteiger partial charge in [-0.25, -0.2) is 0 Å². The van der Waals surface area contributed by atoms with Crippen LogP contribution < -0.4 is 10.9 Å². The predicted molar refractivity (Wildman–Crippen MR) is 92.8 cm³/mol. The SMILES string of the molecule is O=c1nc2n(c3c1CN(C1CCCCC1)CN3)C[C@@H](CBr)S2. The maximum Gasteiger partial charge on any atom is 0.280 e. The van der Waals surface area contributed by atoms with Crippen LogP contribution in [-0.2, 0) is 13.1 Å². The summed E-state index contributed by atoms with van der Waals surface area (Å²) >= 11 is 5.25. The zero-order valence-corrected chi connectivity index (χ0v) is 15.0. The smallest absolute Gasteiger partial charge is 0.280 e. The van der Waals surface area contributed by atoms with Gasteiger partial charge in [-0.15, -0.1) is 0 Å². The highest BCUT2D eigenvalue weighted by atomic mass is 79.9. The molecule has 1 aromatic rings. The lowest BCUT2D eigenvalue weighted by molar-refractivity contribution is 0.151. The van der Waals surface area contributed by atoms with Crippen molar-refractivity contribution < 1.29 is 0 Å². The molecule has 3 aliphatic rings. The highest BCUT2D eigenvalue weighted by molar-refractivity contribution is 9.09. The van der Waals surface area contributed by atoms with E-state index in [0.29, 0.717) is 11.3 Å². The summed E-state index contributed by atoms with van der Waals surface area (Å²) in [6, 6.07) is 0.622. The molecule has 4 rings (SSSR count). The first-order chi connectivity index (χ1) is 10.8. The summed E-state index contributed by atoms with van der Waals surface area (Å²) in [5, 5.41) is 5.78. The minimum atomic E-state index is -0.0445. The normalized spacial score (nSPS) is 25.6. The van der Waals surface area contributed by atoms with E-state index in [-0.39, 0.29) is 5.56 Å². The topological polar surface area (TPSA) is 50.2 Å². The summed E-state index contributed by atoms with van der Waals surface area (Å²) in [4.78, 5) is 19.2. The molecule has 0 saturated heterocycles. The van der Waals surface area contributed by atoms with Gasteiger partial charge in [0.15, 0.2) is 5.16 Å². The molecule has 22 heavy (non-hydrogen) atoms. The zero-order valence-electron chi connectivity index (χ0n) is 12.6. The number of hydrogen-bond acceptors (Lipinski definition) is 5. The second-order valence-corrected chi connectivity index (χ2v) is 8.32. The standard InChI is InChI=1S/C15H21BrN4OS/c16-6-11-7-20-13-12(14(21)18-15(20)22-11)8-19(9-17-13)10-4-2-1-3-5-10/h10-11,17H,1-9H2/t11-/m1/s1. The van der Waals surface area contributed by atoms with Crippen molar-refractivity contribution in [1.29, 1.82) is 0 Å². The van der Waals surface area contributed by atoms with Crippen molar-refractivity contribution in [2.24, 2.45) is 0 Å². The van der Waals surface area contributed by atoms with E-state index in [1.807, 2.05) is 0 Å². The van der Waals surface area contributed by atoms with E-state index >= 15 is 0 Å². The number of halogens is 1. The maximum absolute atomic E-state index is 12.4. The number of anilines is 1. The zero-order chi connectivity index (χ0) is 15.1. The Kier molecular flexibility index (Phi) is 4.21. The van der Waals surface area contributed by atoms with Gasteiger partial charge in [-0.2, -0.15) is 4.98 Å². The Balaban J connectivity index is 1.62. The summed E-state index contributed by atoms with van der Waals surface area (Å²) in [6.07, 6.45) is 6.52. The molecule has 7 heteroatoms. The number of nitrogens with one attached hydrogen (secondary N) is 1. The molecule has 0 aromatic carbocycles. The Morgan fingerprint density at radius 3 is 2.91 bits per heavy atom. The van der Waals surface area contributed by atoms with Crippen molar-refractivity contribution in [3.05, 3.63) is 15.9 Å². The largest absolute Gasteiger partial charge is 0.358 e. The average molecular weight is 385 g/mol. The molecular formula is C15H21BrN4OS. The van der Waals surface area contributed by atoms with Crippen LogP contribution in [0.4, 0.5) is 5.82 Å². The summed E-state index contributed by atoms with van der Waals surface area (Å²) in [7, 11) is 0. The van der Waals surface area contributed by atoms with Gasteiger partial charge < -0.3 is 9.88 Å². The van der Waals surface area contributed by atoms with Crippen LogP contribution >= 0.6 is 27.7 Å². The molecular weight excluding hydrogens is 364 g/mol. The highest BCUT2D eigenvalue weighted by Gasteiger charge is 2.32. The molecule has 120 valence electrons. The molecule has 1 aromatic heterocycles. The third kappa shape index (κ3) is 2.61. The summed E-state index contributed by atoms with van der Waals surface area (Å²) in [5.41, 5.74) is 0.813. The van der Waals surface area contributed by atoms with Crippen LogP contribution in [0.2, 0.25) is 0 Å². The lowest BCUT2D eigenvalue weighted by Gasteiger charge is -2.38. The van der Waals surface area contributed by atoms with E-state index in [4.69, 9.17) is 0 Å². The van der Waals surface area contributed by atoms with Gasteiger partial charge in [0, 0.05) is 29.7 Å². The fraction of sp³-hybridized carbons (Fsp3) is 0.733. The van der Waals surface area contributed by atoms with E-state index in [0.717, 1.165) is 41.6 Å². The minimum Gasteiger partial charge on any atom is -0.358 e. The van der Waals surface area contributed by atoms with Crippen molar-refractivity contribution in [3.63, 3.8) is 0 Å². The highest BCUT2D eigenvalue weighted by Crippen LogP contribution is 2.36. The van der Waals surface area contributed by atoms with Gasteiger partial charge in [0.25, 0.3) is 5.56 Å². The number of nitrogens with zero attached hydrogens (tertiary/aromatic N) is 3. The molecule has 1 atom stereocenters. The molecule has 1 aliphatic carbocycles. The van der Waals surface area contributed by atoms with Gasteiger partial charge in [-0.05, 0) is 12.8 Å². The first-order valence-corrected chi connectivity index (χ1v) is 10.1. The van der Waals surface area contributed by atoms with Gasteiger partial charge in [-0.3, -0.25) is 9.69 Å². The van der Waals surface area contributed by atoms with Crippen molar-refractivity contribution in [2.75, 3.05) is 17.3 Å². The second kappa shape index (κ2) is 6.17. The summed E-state index contributed by atoms with van der Waals surface area (Å²) < 4.78 is 2.20. The van der Waals surface area contributed by atoms with E-state index < -0.39 is 0 Å². The van der Waals surface area contributed by atoms with Gasteiger partial charge in [0.1, 0.15) is 5.82 Å². The van der Waals surface area contributed by atoms with Crippen LogP contribution in [0.5, 0.6) is 0 Å². The Labute approximate surface area is 143 Å².